The molecule has 0 radical (unpaired) electrons. The van der Waals surface area contributed by atoms with E-state index in [1.54, 1.807) is 17.7 Å². The number of aryl methyl sites for hydroxylation is 1. The first-order valence-corrected chi connectivity index (χ1v) is 14.0. The lowest BCUT2D eigenvalue weighted by molar-refractivity contribution is 0.00393. The van der Waals surface area contributed by atoms with Crippen LogP contribution in [-0.4, -0.2) is 63.8 Å². The molecular weight excluding hydrogens is 515 g/mol. The number of hydrogen-bond donors (Lipinski definition) is 1. The highest BCUT2D eigenvalue weighted by molar-refractivity contribution is 7.93. The molecule has 11 nitrogen and oxygen atoms in total. The van der Waals surface area contributed by atoms with E-state index in [1.807, 2.05) is 27.7 Å². The molecule has 2 aromatic heterocycles. The highest BCUT2D eigenvalue weighted by atomic mass is 32.2. The van der Waals surface area contributed by atoms with E-state index in [1.165, 1.54) is 31.3 Å². The number of hydrogen-bond acceptors (Lipinski definition) is 9. The van der Waals surface area contributed by atoms with Gasteiger partial charge in [-0.15, -0.1) is 10.2 Å². The average Bonchev–Trinajstić information content (AvgIpc) is 3.18. The normalized spacial score (nSPS) is 16.9. The van der Waals surface area contributed by atoms with Crippen molar-refractivity contribution in [3.8, 4) is 17.1 Å². The number of halogens is 1. The van der Waals surface area contributed by atoms with Gasteiger partial charge >= 0.3 is 0 Å². The van der Waals surface area contributed by atoms with Crippen LogP contribution in [0, 0.1) is 12.7 Å². The van der Waals surface area contributed by atoms with Gasteiger partial charge in [0.1, 0.15) is 29.5 Å². The SMILES string of the molecule is Cc1cnc(C(OC(C)C)C(C)S(=O)(=O)Nc2nnc3n2[C@H](COC(C)C)COc2ccc(F)cc2-3)cn1. The Kier molecular flexibility index (Phi) is 8.28. The summed E-state index contributed by atoms with van der Waals surface area (Å²) in [5, 5.41) is 7.27. The largest absolute Gasteiger partial charge is 0.491 e. The molecule has 0 bridgehead atoms. The Bertz CT molecular complexity index is 1360. The maximum atomic E-state index is 14.2. The fourth-order valence-electron chi connectivity index (χ4n) is 4.03. The summed E-state index contributed by atoms with van der Waals surface area (Å²) in [4.78, 5) is 8.60. The molecule has 0 saturated heterocycles. The summed E-state index contributed by atoms with van der Waals surface area (Å²) in [6.07, 6.45) is 1.83. The maximum absolute atomic E-state index is 14.2. The first-order chi connectivity index (χ1) is 18.0. The van der Waals surface area contributed by atoms with Crippen molar-refractivity contribution in [1.82, 2.24) is 24.7 Å². The van der Waals surface area contributed by atoms with Gasteiger partial charge in [0.05, 0.1) is 48.0 Å². The number of nitrogens with zero attached hydrogens (tertiary/aromatic N) is 5. The van der Waals surface area contributed by atoms with E-state index in [0.29, 0.717) is 22.7 Å². The number of aromatic nitrogens is 5. The number of nitrogens with one attached hydrogen (secondary N) is 1. The van der Waals surface area contributed by atoms with Gasteiger partial charge in [0.15, 0.2) is 5.82 Å². The summed E-state index contributed by atoms with van der Waals surface area (Å²) in [6, 6.07) is 3.60. The first kappa shape index (κ1) is 27.9. The Hall–Kier alpha value is -3.16. The highest BCUT2D eigenvalue weighted by Gasteiger charge is 2.36. The minimum absolute atomic E-state index is 0.0387. The molecule has 3 aromatic rings. The number of rotatable bonds is 10. The molecule has 1 aliphatic rings. The van der Waals surface area contributed by atoms with Crippen LogP contribution in [0.4, 0.5) is 10.3 Å². The Morgan fingerprint density at radius 1 is 1.13 bits per heavy atom. The second-order valence-electron chi connectivity index (χ2n) is 9.74. The molecule has 1 N–H and O–H groups in total. The van der Waals surface area contributed by atoms with E-state index < -0.39 is 33.2 Å². The van der Waals surface area contributed by atoms with Gasteiger partial charge in [0.2, 0.25) is 16.0 Å². The van der Waals surface area contributed by atoms with Crippen molar-refractivity contribution in [2.45, 2.75) is 71.1 Å². The van der Waals surface area contributed by atoms with Crippen LogP contribution in [0.5, 0.6) is 5.75 Å². The van der Waals surface area contributed by atoms with Gasteiger partial charge < -0.3 is 14.2 Å². The van der Waals surface area contributed by atoms with E-state index in [2.05, 4.69) is 24.9 Å². The van der Waals surface area contributed by atoms with Gasteiger partial charge in [-0.05, 0) is 59.7 Å². The quantitative estimate of drug-likeness (QED) is 0.402. The van der Waals surface area contributed by atoms with Gasteiger partial charge in [-0.1, -0.05) is 0 Å². The van der Waals surface area contributed by atoms with Crippen LogP contribution in [0.3, 0.4) is 0 Å². The lowest BCUT2D eigenvalue weighted by Gasteiger charge is -2.26. The third-order valence-corrected chi connectivity index (χ3v) is 7.65. The van der Waals surface area contributed by atoms with E-state index in [0.717, 1.165) is 0 Å². The van der Waals surface area contributed by atoms with Crippen LogP contribution in [-0.2, 0) is 19.5 Å². The zero-order valence-electron chi connectivity index (χ0n) is 22.3. The Morgan fingerprint density at radius 3 is 2.55 bits per heavy atom. The van der Waals surface area contributed by atoms with Gasteiger partial charge in [0.25, 0.3) is 0 Å². The summed E-state index contributed by atoms with van der Waals surface area (Å²) >= 11 is 0. The zero-order chi connectivity index (χ0) is 27.6. The molecule has 3 atom stereocenters. The zero-order valence-corrected chi connectivity index (χ0v) is 23.1. The van der Waals surface area contributed by atoms with Crippen LogP contribution in [0.25, 0.3) is 11.4 Å². The van der Waals surface area contributed by atoms with Crippen LogP contribution in [0.2, 0.25) is 0 Å². The van der Waals surface area contributed by atoms with Crippen molar-refractivity contribution in [2.24, 2.45) is 0 Å². The number of ether oxygens (including phenoxy) is 3. The van der Waals surface area contributed by atoms with Gasteiger partial charge in [-0.2, -0.15) is 0 Å². The Balaban J connectivity index is 1.72. The molecule has 0 fully saturated rings. The molecule has 4 rings (SSSR count). The average molecular weight is 549 g/mol. The molecule has 1 aliphatic heterocycles. The molecule has 1 aromatic carbocycles. The summed E-state index contributed by atoms with van der Waals surface area (Å²) in [5.74, 6) is 0.155. The second-order valence-corrected chi connectivity index (χ2v) is 11.8. The standard InChI is InChI=1S/C25H33FN6O5S/c1-14(2)35-12-19-13-36-22-8-7-18(26)9-20(22)24-29-30-25(32(19)24)31-38(33,34)17(6)23(37-15(3)4)21-11-27-16(5)10-28-21/h7-11,14-15,17,19,23H,12-13H2,1-6H3,(H,30,31)/t17?,19-,23?/m1/s1. The van der Waals surface area contributed by atoms with Crippen LogP contribution >= 0.6 is 0 Å². The van der Waals surface area contributed by atoms with Crippen molar-refractivity contribution in [2.75, 3.05) is 17.9 Å². The molecule has 38 heavy (non-hydrogen) atoms. The monoisotopic (exact) mass is 548 g/mol. The molecule has 2 unspecified atom stereocenters. The van der Waals surface area contributed by atoms with E-state index in [-0.39, 0.29) is 37.2 Å². The fourth-order valence-corrected chi connectivity index (χ4v) is 5.13. The predicted molar refractivity (Wildman–Crippen MR) is 139 cm³/mol. The third-order valence-electron chi connectivity index (χ3n) is 5.96. The Morgan fingerprint density at radius 2 is 1.89 bits per heavy atom. The van der Waals surface area contributed by atoms with Crippen molar-refractivity contribution in [3.05, 3.63) is 47.8 Å². The van der Waals surface area contributed by atoms with Crippen LogP contribution in [0.15, 0.2) is 30.6 Å². The van der Waals surface area contributed by atoms with Crippen molar-refractivity contribution in [1.29, 1.82) is 0 Å². The van der Waals surface area contributed by atoms with E-state index in [4.69, 9.17) is 14.2 Å². The minimum atomic E-state index is -4.09. The minimum Gasteiger partial charge on any atom is -0.491 e. The number of anilines is 1. The Labute approximate surface area is 221 Å². The summed E-state index contributed by atoms with van der Waals surface area (Å²) in [5.41, 5.74) is 1.45. The number of sulfonamides is 1. The number of fused-ring (bicyclic) bond motifs is 3. The topological polar surface area (TPSA) is 130 Å². The molecule has 0 amide bonds. The molecule has 3 heterocycles. The van der Waals surface area contributed by atoms with Crippen LogP contribution < -0.4 is 9.46 Å². The summed E-state index contributed by atoms with van der Waals surface area (Å²) < 4.78 is 63.4. The third kappa shape index (κ3) is 6.11. The molecule has 0 aliphatic carbocycles. The lowest BCUT2D eigenvalue weighted by Crippen LogP contribution is -2.35. The van der Waals surface area contributed by atoms with E-state index >= 15 is 0 Å². The molecule has 0 spiro atoms. The van der Waals surface area contributed by atoms with Crippen molar-refractivity contribution >= 4 is 16.0 Å². The van der Waals surface area contributed by atoms with Crippen molar-refractivity contribution < 1.29 is 27.0 Å². The maximum Gasteiger partial charge on any atom is 0.240 e. The van der Waals surface area contributed by atoms with Crippen molar-refractivity contribution in [3.63, 3.8) is 0 Å². The van der Waals surface area contributed by atoms with Gasteiger partial charge in [-0.25, -0.2) is 12.8 Å². The van der Waals surface area contributed by atoms with Gasteiger partial charge in [-0.3, -0.25) is 19.3 Å². The predicted octanol–water partition coefficient (Wildman–Crippen LogP) is 3.84. The second kappa shape index (κ2) is 11.3. The summed E-state index contributed by atoms with van der Waals surface area (Å²) in [7, 11) is -4.09. The first-order valence-electron chi connectivity index (χ1n) is 12.4. The molecular formula is C25H33FN6O5S. The summed E-state index contributed by atoms with van der Waals surface area (Å²) in [6.45, 7) is 11.1. The smallest absolute Gasteiger partial charge is 0.240 e. The van der Waals surface area contributed by atoms with Gasteiger partial charge in [0, 0.05) is 6.20 Å². The van der Waals surface area contributed by atoms with Crippen LogP contribution in [0.1, 0.15) is 58.2 Å². The number of benzene rings is 1. The molecule has 0 saturated carbocycles. The van der Waals surface area contributed by atoms with E-state index in [9.17, 15) is 12.8 Å². The fraction of sp³-hybridized carbons (Fsp3) is 0.520. The lowest BCUT2D eigenvalue weighted by atomic mass is 10.2. The molecule has 206 valence electrons. The molecule has 13 heteroatoms. The highest BCUT2D eigenvalue weighted by Crippen LogP contribution is 2.37.